The largest absolute Gasteiger partial charge is 0.490 e. The Hall–Kier alpha value is -1.71. The molecule has 2 aliphatic rings. The van der Waals surface area contributed by atoms with Crippen molar-refractivity contribution in [2.45, 2.75) is 38.2 Å². The van der Waals surface area contributed by atoms with E-state index in [4.69, 9.17) is 9.47 Å². The number of hydrogen-bond acceptors (Lipinski definition) is 4. The summed E-state index contributed by atoms with van der Waals surface area (Å²) in [6.07, 6.45) is 6.71. The molecule has 102 valence electrons. The summed E-state index contributed by atoms with van der Waals surface area (Å²) >= 11 is 0. The van der Waals surface area contributed by atoms with Crippen LogP contribution in [0.5, 0.6) is 5.75 Å². The molecule has 1 aromatic rings. The minimum Gasteiger partial charge on any atom is -0.490 e. The molecule has 0 amide bonds. The summed E-state index contributed by atoms with van der Waals surface area (Å²) in [6, 6.07) is 8.63. The number of benzene rings is 1. The monoisotopic (exact) mass is 260 g/mol. The summed E-state index contributed by atoms with van der Waals surface area (Å²) in [5.41, 5.74) is 0.983. The van der Waals surface area contributed by atoms with Crippen LogP contribution in [0.4, 0.5) is 5.69 Å². The second-order valence-electron chi connectivity index (χ2n) is 5.06. The van der Waals surface area contributed by atoms with E-state index in [1.807, 2.05) is 24.3 Å². The minimum absolute atomic E-state index is 0.398. The summed E-state index contributed by atoms with van der Waals surface area (Å²) < 4.78 is 11.3. The van der Waals surface area contributed by atoms with Gasteiger partial charge >= 0.3 is 0 Å². The number of anilines is 1. The van der Waals surface area contributed by atoms with Crippen LogP contribution in [-0.4, -0.2) is 25.3 Å². The zero-order valence-corrected chi connectivity index (χ0v) is 11.1. The molecule has 0 aromatic heterocycles. The summed E-state index contributed by atoms with van der Waals surface area (Å²) in [6.45, 7) is 1.41. The van der Waals surface area contributed by atoms with Crippen molar-refractivity contribution in [2.75, 3.05) is 18.5 Å². The van der Waals surface area contributed by atoms with Crippen LogP contribution in [0.2, 0.25) is 0 Å². The van der Waals surface area contributed by atoms with Crippen LogP contribution >= 0.6 is 0 Å². The van der Waals surface area contributed by atoms with Gasteiger partial charge in [0, 0.05) is 5.69 Å². The first-order valence-electron chi connectivity index (χ1n) is 7.11. The summed E-state index contributed by atoms with van der Waals surface area (Å²) in [5.74, 6) is 0.951. The SMILES string of the molecule is c1cc(OC2CCCCC2)ccc1NC1=NCCO1. The Labute approximate surface area is 113 Å². The molecule has 0 radical (unpaired) electrons. The summed E-state index contributed by atoms with van der Waals surface area (Å²) in [4.78, 5) is 4.20. The average molecular weight is 260 g/mol. The number of rotatable bonds is 3. The highest BCUT2D eigenvalue weighted by atomic mass is 16.5. The number of amidine groups is 1. The fraction of sp³-hybridized carbons (Fsp3) is 0.533. The van der Waals surface area contributed by atoms with Crippen molar-refractivity contribution in [3.8, 4) is 5.75 Å². The molecule has 3 rings (SSSR count). The van der Waals surface area contributed by atoms with Crippen LogP contribution in [0.1, 0.15) is 32.1 Å². The van der Waals surface area contributed by atoms with Crippen molar-refractivity contribution >= 4 is 11.7 Å². The Morgan fingerprint density at radius 1 is 1.11 bits per heavy atom. The molecule has 1 saturated carbocycles. The molecule has 1 N–H and O–H groups in total. The highest BCUT2D eigenvalue weighted by Gasteiger charge is 2.14. The van der Waals surface area contributed by atoms with Crippen LogP contribution < -0.4 is 10.1 Å². The van der Waals surface area contributed by atoms with Crippen molar-refractivity contribution in [3.63, 3.8) is 0 Å². The fourth-order valence-corrected chi connectivity index (χ4v) is 2.53. The molecule has 4 nitrogen and oxygen atoms in total. The van der Waals surface area contributed by atoms with Gasteiger partial charge in [-0.1, -0.05) is 6.42 Å². The maximum absolute atomic E-state index is 5.99. The van der Waals surface area contributed by atoms with Gasteiger partial charge in [0.1, 0.15) is 12.4 Å². The molecule has 1 heterocycles. The van der Waals surface area contributed by atoms with Gasteiger partial charge in [-0.25, -0.2) is 4.99 Å². The van der Waals surface area contributed by atoms with Gasteiger partial charge in [-0.3, -0.25) is 0 Å². The lowest BCUT2D eigenvalue weighted by Crippen LogP contribution is -2.19. The molecule has 1 fully saturated rings. The topological polar surface area (TPSA) is 42.8 Å². The predicted molar refractivity (Wildman–Crippen MR) is 75.8 cm³/mol. The van der Waals surface area contributed by atoms with Gasteiger partial charge in [0.2, 0.25) is 0 Å². The first-order chi connectivity index (χ1) is 9.40. The molecule has 1 aliphatic heterocycles. The van der Waals surface area contributed by atoms with E-state index in [1.165, 1.54) is 32.1 Å². The third-order valence-electron chi connectivity index (χ3n) is 3.55. The van der Waals surface area contributed by atoms with Crippen LogP contribution in [0.3, 0.4) is 0 Å². The van der Waals surface area contributed by atoms with E-state index in [0.29, 0.717) is 18.7 Å². The van der Waals surface area contributed by atoms with E-state index >= 15 is 0 Å². The van der Waals surface area contributed by atoms with Crippen LogP contribution in [-0.2, 0) is 4.74 Å². The molecule has 0 unspecified atom stereocenters. The second kappa shape index (κ2) is 5.95. The standard InChI is InChI=1S/C15H20N2O2/c1-2-4-13(5-3-1)19-14-8-6-12(7-9-14)17-15-16-10-11-18-15/h6-9,13H,1-5,10-11H2,(H,16,17). The molecular formula is C15H20N2O2. The summed E-state index contributed by atoms with van der Waals surface area (Å²) in [7, 11) is 0. The molecule has 0 spiro atoms. The van der Waals surface area contributed by atoms with Gasteiger partial charge in [0.05, 0.1) is 12.6 Å². The molecule has 1 aliphatic carbocycles. The van der Waals surface area contributed by atoms with E-state index in [9.17, 15) is 0 Å². The Bertz CT molecular complexity index is 436. The molecule has 1 aromatic carbocycles. The highest BCUT2D eigenvalue weighted by molar-refractivity contribution is 5.89. The maximum atomic E-state index is 5.99. The number of nitrogens with one attached hydrogen (secondary N) is 1. The predicted octanol–water partition coefficient (Wildman–Crippen LogP) is 3.20. The first kappa shape index (κ1) is 12.3. The third-order valence-corrected chi connectivity index (χ3v) is 3.55. The quantitative estimate of drug-likeness (QED) is 0.907. The smallest absolute Gasteiger partial charge is 0.289 e. The molecular weight excluding hydrogens is 240 g/mol. The van der Waals surface area contributed by atoms with E-state index in [-0.39, 0.29) is 0 Å². The van der Waals surface area contributed by atoms with Gasteiger partial charge in [0.15, 0.2) is 0 Å². The lowest BCUT2D eigenvalue weighted by Gasteiger charge is -2.23. The number of aliphatic imine (C=N–C) groups is 1. The van der Waals surface area contributed by atoms with Crippen LogP contribution in [0, 0.1) is 0 Å². The maximum Gasteiger partial charge on any atom is 0.289 e. The van der Waals surface area contributed by atoms with Crippen molar-refractivity contribution in [1.82, 2.24) is 0 Å². The molecule has 0 atom stereocenters. The summed E-state index contributed by atoms with van der Waals surface area (Å²) in [5, 5.41) is 3.14. The Balaban J connectivity index is 1.55. The van der Waals surface area contributed by atoms with Crippen molar-refractivity contribution in [2.24, 2.45) is 4.99 Å². The zero-order valence-electron chi connectivity index (χ0n) is 11.1. The van der Waals surface area contributed by atoms with Gasteiger partial charge in [-0.05, 0) is 49.9 Å². The van der Waals surface area contributed by atoms with Crippen molar-refractivity contribution < 1.29 is 9.47 Å². The average Bonchev–Trinajstić information content (AvgIpc) is 2.95. The molecule has 0 saturated heterocycles. The highest BCUT2D eigenvalue weighted by Crippen LogP contribution is 2.24. The number of hydrogen-bond donors (Lipinski definition) is 1. The number of nitrogens with zero attached hydrogens (tertiary/aromatic N) is 1. The van der Waals surface area contributed by atoms with E-state index in [0.717, 1.165) is 18.0 Å². The van der Waals surface area contributed by atoms with E-state index in [2.05, 4.69) is 10.3 Å². The van der Waals surface area contributed by atoms with Crippen molar-refractivity contribution in [3.05, 3.63) is 24.3 Å². The fourth-order valence-electron chi connectivity index (χ4n) is 2.53. The molecule has 19 heavy (non-hydrogen) atoms. The Kier molecular flexibility index (Phi) is 3.86. The van der Waals surface area contributed by atoms with Crippen LogP contribution in [0.25, 0.3) is 0 Å². The lowest BCUT2D eigenvalue weighted by atomic mass is 9.98. The Morgan fingerprint density at radius 2 is 1.89 bits per heavy atom. The Morgan fingerprint density at radius 3 is 2.58 bits per heavy atom. The first-order valence-corrected chi connectivity index (χ1v) is 7.11. The van der Waals surface area contributed by atoms with E-state index < -0.39 is 0 Å². The van der Waals surface area contributed by atoms with Gasteiger partial charge in [-0.15, -0.1) is 0 Å². The van der Waals surface area contributed by atoms with E-state index in [1.54, 1.807) is 0 Å². The second-order valence-corrected chi connectivity index (χ2v) is 5.06. The normalized spacial score (nSPS) is 19.7. The molecule has 4 heteroatoms. The van der Waals surface area contributed by atoms with Crippen molar-refractivity contribution in [1.29, 1.82) is 0 Å². The minimum atomic E-state index is 0.398. The van der Waals surface area contributed by atoms with Gasteiger partial charge in [-0.2, -0.15) is 0 Å². The van der Waals surface area contributed by atoms with Gasteiger partial charge < -0.3 is 14.8 Å². The van der Waals surface area contributed by atoms with Crippen LogP contribution in [0.15, 0.2) is 29.3 Å². The third kappa shape index (κ3) is 3.40. The number of ether oxygens (including phenoxy) is 2. The molecule has 0 bridgehead atoms. The zero-order chi connectivity index (χ0) is 12.9. The lowest BCUT2D eigenvalue weighted by molar-refractivity contribution is 0.155. The van der Waals surface area contributed by atoms with Gasteiger partial charge in [0.25, 0.3) is 6.02 Å².